The Morgan fingerprint density at radius 1 is 1.44 bits per heavy atom. The average Bonchev–Trinajstić information content (AvgIpc) is 2.90. The molecule has 136 valence electrons. The highest BCUT2D eigenvalue weighted by Gasteiger charge is 2.19. The van der Waals surface area contributed by atoms with Crippen molar-refractivity contribution in [3.05, 3.63) is 39.8 Å². The molecule has 2 rings (SSSR count). The van der Waals surface area contributed by atoms with Crippen molar-refractivity contribution in [3.8, 4) is 0 Å². The summed E-state index contributed by atoms with van der Waals surface area (Å²) in [6.07, 6.45) is 0.701. The van der Waals surface area contributed by atoms with Crippen LogP contribution in [0.25, 0.3) is 0 Å². The zero-order valence-electron chi connectivity index (χ0n) is 15.0. The van der Waals surface area contributed by atoms with E-state index in [2.05, 4.69) is 15.5 Å². The lowest BCUT2D eigenvalue weighted by molar-refractivity contribution is -0.115. The molecular weight excluding hydrogens is 340 g/mol. The fourth-order valence-corrected chi connectivity index (χ4v) is 3.24. The zero-order valence-corrected chi connectivity index (χ0v) is 15.8. The Kier molecular flexibility index (Phi) is 6.83. The van der Waals surface area contributed by atoms with Gasteiger partial charge in [0.2, 0.25) is 5.91 Å². The van der Waals surface area contributed by atoms with Crippen LogP contribution in [-0.4, -0.2) is 39.6 Å². The first-order valence-corrected chi connectivity index (χ1v) is 8.99. The van der Waals surface area contributed by atoms with Gasteiger partial charge in [0.05, 0.1) is 5.25 Å². The number of amides is 1. The average molecular weight is 364 g/mol. The quantitative estimate of drug-likeness (QED) is 0.554. The molecule has 2 N–H and O–H groups in total. The van der Waals surface area contributed by atoms with Gasteiger partial charge in [-0.15, -0.1) is 5.10 Å². The van der Waals surface area contributed by atoms with Crippen LogP contribution in [0.5, 0.6) is 0 Å². The van der Waals surface area contributed by atoms with Gasteiger partial charge < -0.3 is 10.1 Å². The lowest BCUT2D eigenvalue weighted by Gasteiger charge is -2.14. The smallest absolute Gasteiger partial charge is 0.343 e. The molecule has 0 unspecified atom stereocenters. The molecule has 7 nitrogen and oxygen atoms in total. The third-order valence-corrected chi connectivity index (χ3v) is 4.83. The third-order valence-electron chi connectivity index (χ3n) is 3.74. The van der Waals surface area contributed by atoms with Gasteiger partial charge in [-0.2, -0.15) is 0 Å². The number of hydrogen-bond donors (Lipinski definition) is 2. The molecule has 0 aliphatic heterocycles. The van der Waals surface area contributed by atoms with Crippen LogP contribution in [0.1, 0.15) is 24.5 Å². The second kappa shape index (κ2) is 8.87. The Bertz CT molecular complexity index is 784. The fraction of sp³-hybridized carbons (Fsp3) is 0.471. The van der Waals surface area contributed by atoms with E-state index in [1.54, 1.807) is 14.0 Å². The highest BCUT2D eigenvalue weighted by Crippen LogP contribution is 2.23. The largest absolute Gasteiger partial charge is 0.385 e. The van der Waals surface area contributed by atoms with Gasteiger partial charge in [0.1, 0.15) is 0 Å². The van der Waals surface area contributed by atoms with Gasteiger partial charge in [0, 0.05) is 25.9 Å². The first kappa shape index (κ1) is 19.3. The van der Waals surface area contributed by atoms with Gasteiger partial charge in [0.25, 0.3) is 0 Å². The van der Waals surface area contributed by atoms with E-state index in [-0.39, 0.29) is 11.6 Å². The van der Waals surface area contributed by atoms with Crippen molar-refractivity contribution in [1.82, 2.24) is 14.8 Å². The number of aromatic amines is 1. The number of ether oxygens (including phenoxy) is 1. The van der Waals surface area contributed by atoms with Crippen molar-refractivity contribution < 1.29 is 9.53 Å². The number of rotatable bonds is 8. The van der Waals surface area contributed by atoms with Gasteiger partial charge in [-0.05, 0) is 38.8 Å². The molecule has 8 heteroatoms. The summed E-state index contributed by atoms with van der Waals surface area (Å²) in [6.45, 7) is 6.82. The summed E-state index contributed by atoms with van der Waals surface area (Å²) in [6, 6.07) is 5.88. The molecule has 1 aromatic heterocycles. The topological polar surface area (TPSA) is 89.0 Å². The van der Waals surface area contributed by atoms with E-state index < -0.39 is 5.25 Å². The number of methoxy groups -OCH3 is 1. The van der Waals surface area contributed by atoms with Crippen LogP contribution in [0, 0.1) is 13.8 Å². The van der Waals surface area contributed by atoms with E-state index in [1.165, 1.54) is 16.3 Å². The number of anilines is 1. The number of aromatic nitrogens is 3. The molecule has 1 amide bonds. The molecule has 0 bridgehead atoms. The minimum Gasteiger partial charge on any atom is -0.385 e. The van der Waals surface area contributed by atoms with Gasteiger partial charge in [-0.1, -0.05) is 29.5 Å². The van der Waals surface area contributed by atoms with Crippen LogP contribution in [0.4, 0.5) is 5.69 Å². The number of nitrogens with one attached hydrogen (secondary N) is 2. The van der Waals surface area contributed by atoms with Crippen LogP contribution in [0.2, 0.25) is 0 Å². The summed E-state index contributed by atoms with van der Waals surface area (Å²) in [7, 11) is 1.62. The van der Waals surface area contributed by atoms with E-state index in [4.69, 9.17) is 4.74 Å². The molecule has 0 aliphatic carbocycles. The van der Waals surface area contributed by atoms with Crippen LogP contribution in [-0.2, 0) is 16.1 Å². The van der Waals surface area contributed by atoms with E-state index in [1.807, 2.05) is 32.0 Å². The number of nitrogens with zero attached hydrogens (tertiary/aromatic N) is 2. The second-order valence-electron chi connectivity index (χ2n) is 5.88. The predicted octanol–water partition coefficient (Wildman–Crippen LogP) is 2.34. The van der Waals surface area contributed by atoms with Crippen molar-refractivity contribution in [2.75, 3.05) is 19.0 Å². The molecule has 2 aromatic rings. The Morgan fingerprint density at radius 3 is 2.88 bits per heavy atom. The summed E-state index contributed by atoms with van der Waals surface area (Å²) in [5.41, 5.74) is 2.68. The number of carbonyl (C=O) groups excluding carboxylic acids is 1. The first-order valence-electron chi connectivity index (χ1n) is 8.11. The van der Waals surface area contributed by atoms with Gasteiger partial charge in [-0.3, -0.25) is 9.36 Å². The van der Waals surface area contributed by atoms with E-state index in [0.29, 0.717) is 24.7 Å². The molecule has 0 spiro atoms. The Balaban J connectivity index is 2.02. The maximum absolute atomic E-state index is 12.5. The number of H-pyrrole nitrogens is 1. The first-order chi connectivity index (χ1) is 11.9. The summed E-state index contributed by atoms with van der Waals surface area (Å²) in [5.74, 6) is -0.129. The Labute approximate surface area is 151 Å². The number of thioether (sulfide) groups is 1. The molecule has 1 aromatic carbocycles. The predicted molar refractivity (Wildman–Crippen MR) is 99.2 cm³/mol. The maximum Gasteiger partial charge on any atom is 0.343 e. The lowest BCUT2D eigenvalue weighted by atomic mass is 10.1. The van der Waals surface area contributed by atoms with Crippen LogP contribution in [0.15, 0.2) is 28.2 Å². The Hall–Kier alpha value is -2.06. The molecule has 0 radical (unpaired) electrons. The standard InChI is InChI=1S/C17H24N4O3S/c1-11-6-7-14(12(2)10-11)18-15(22)13(3)25-17-20-19-16(23)21(17)8-5-9-24-4/h6-7,10,13H,5,8-9H2,1-4H3,(H,18,22)(H,19,23)/t13-/m1/s1. The van der Waals surface area contributed by atoms with Gasteiger partial charge in [0.15, 0.2) is 5.16 Å². The minimum atomic E-state index is -0.392. The molecule has 0 fully saturated rings. The minimum absolute atomic E-state index is 0.129. The van der Waals surface area contributed by atoms with Crippen LogP contribution >= 0.6 is 11.8 Å². The molecule has 1 atom stereocenters. The summed E-state index contributed by atoms with van der Waals surface area (Å²) in [5, 5.41) is 9.50. The molecule has 1 heterocycles. The normalized spacial score (nSPS) is 12.2. The monoisotopic (exact) mass is 364 g/mol. The van der Waals surface area contributed by atoms with Crippen LogP contribution in [0.3, 0.4) is 0 Å². The zero-order chi connectivity index (χ0) is 18.4. The van der Waals surface area contributed by atoms with Crippen molar-refractivity contribution in [2.24, 2.45) is 0 Å². The number of benzene rings is 1. The lowest BCUT2D eigenvalue weighted by Crippen LogP contribution is -2.24. The summed E-state index contributed by atoms with van der Waals surface area (Å²) < 4.78 is 6.54. The van der Waals surface area contributed by atoms with E-state index in [0.717, 1.165) is 16.8 Å². The number of aryl methyl sites for hydroxylation is 2. The second-order valence-corrected chi connectivity index (χ2v) is 7.18. The van der Waals surface area contributed by atoms with Gasteiger partial charge in [-0.25, -0.2) is 9.89 Å². The molecule has 25 heavy (non-hydrogen) atoms. The van der Waals surface area contributed by atoms with E-state index in [9.17, 15) is 9.59 Å². The van der Waals surface area contributed by atoms with Crippen molar-refractivity contribution >= 4 is 23.4 Å². The summed E-state index contributed by atoms with van der Waals surface area (Å²) >= 11 is 1.25. The fourth-order valence-electron chi connectivity index (χ4n) is 2.36. The summed E-state index contributed by atoms with van der Waals surface area (Å²) in [4.78, 5) is 24.3. The highest BCUT2D eigenvalue weighted by atomic mass is 32.2. The van der Waals surface area contributed by atoms with Gasteiger partial charge >= 0.3 is 5.69 Å². The van der Waals surface area contributed by atoms with Crippen molar-refractivity contribution in [3.63, 3.8) is 0 Å². The molecule has 0 saturated carbocycles. The SMILES string of the molecule is COCCCn1c(S[C@H](C)C(=O)Nc2ccc(C)cc2C)n[nH]c1=O. The van der Waals surface area contributed by atoms with Crippen LogP contribution < -0.4 is 11.0 Å². The van der Waals surface area contributed by atoms with E-state index >= 15 is 0 Å². The molecule has 0 saturated heterocycles. The Morgan fingerprint density at radius 2 is 2.20 bits per heavy atom. The third kappa shape index (κ3) is 5.20. The highest BCUT2D eigenvalue weighted by molar-refractivity contribution is 8.00. The maximum atomic E-state index is 12.5. The number of carbonyl (C=O) groups is 1. The number of hydrogen-bond acceptors (Lipinski definition) is 5. The van der Waals surface area contributed by atoms with Crippen molar-refractivity contribution in [1.29, 1.82) is 0 Å². The molecular formula is C17H24N4O3S. The molecule has 0 aliphatic rings. The van der Waals surface area contributed by atoms with Crippen molar-refractivity contribution in [2.45, 2.75) is 44.1 Å².